The lowest BCUT2D eigenvalue weighted by Crippen LogP contribution is -2.15. The molecule has 12 heavy (non-hydrogen) atoms. The molecule has 0 aliphatic rings. The highest BCUT2D eigenvalue weighted by Gasteiger charge is 2.08. The largest absolute Gasteiger partial charge is 0.394 e. The van der Waals surface area contributed by atoms with Crippen LogP contribution in [0.25, 0.3) is 0 Å². The molecule has 0 heterocycles. The molecular formula is C9H12BrNO. The van der Waals surface area contributed by atoms with Gasteiger partial charge in [-0.2, -0.15) is 0 Å². The van der Waals surface area contributed by atoms with Gasteiger partial charge in [0, 0.05) is 4.47 Å². The number of benzene rings is 1. The van der Waals surface area contributed by atoms with E-state index in [2.05, 4.69) is 15.9 Å². The summed E-state index contributed by atoms with van der Waals surface area (Å²) in [5, 5.41) is 8.86. The summed E-state index contributed by atoms with van der Waals surface area (Å²) >= 11 is 3.41. The Labute approximate surface area is 80.5 Å². The van der Waals surface area contributed by atoms with E-state index in [0.717, 1.165) is 15.6 Å². The highest BCUT2D eigenvalue weighted by molar-refractivity contribution is 9.10. The molecule has 0 amide bonds. The van der Waals surface area contributed by atoms with Crippen molar-refractivity contribution in [3.63, 3.8) is 0 Å². The Bertz CT molecular complexity index is 275. The van der Waals surface area contributed by atoms with Gasteiger partial charge >= 0.3 is 0 Å². The minimum Gasteiger partial charge on any atom is -0.394 e. The Kier molecular flexibility index (Phi) is 3.26. The summed E-state index contributed by atoms with van der Waals surface area (Å²) in [6.45, 7) is 1.96. The summed E-state index contributed by atoms with van der Waals surface area (Å²) in [4.78, 5) is 0. The molecule has 0 saturated carbocycles. The molecule has 1 rings (SSSR count). The zero-order chi connectivity index (χ0) is 9.14. The van der Waals surface area contributed by atoms with Gasteiger partial charge in [0.1, 0.15) is 0 Å². The number of hydrogen-bond acceptors (Lipinski definition) is 2. The molecule has 0 radical (unpaired) electrons. The number of aliphatic hydroxyl groups excluding tert-OH is 1. The van der Waals surface area contributed by atoms with Gasteiger partial charge in [-0.05, 0) is 24.1 Å². The summed E-state index contributed by atoms with van der Waals surface area (Å²) in [6, 6.07) is 5.54. The molecule has 1 aromatic carbocycles. The maximum atomic E-state index is 8.86. The fourth-order valence-electron chi connectivity index (χ4n) is 1.12. The third-order valence-electron chi connectivity index (χ3n) is 1.91. The topological polar surface area (TPSA) is 46.2 Å². The van der Waals surface area contributed by atoms with Crippen LogP contribution in [0.2, 0.25) is 0 Å². The normalized spacial score (nSPS) is 13.0. The lowest BCUT2D eigenvalue weighted by Gasteiger charge is -2.12. The summed E-state index contributed by atoms with van der Waals surface area (Å²) in [6.07, 6.45) is 0. The minimum atomic E-state index is -0.275. The number of halogens is 1. The highest BCUT2D eigenvalue weighted by atomic mass is 79.9. The predicted molar refractivity (Wildman–Crippen MR) is 52.9 cm³/mol. The molecule has 0 unspecified atom stereocenters. The van der Waals surface area contributed by atoms with Gasteiger partial charge in [-0.15, -0.1) is 0 Å². The van der Waals surface area contributed by atoms with Crippen molar-refractivity contribution in [2.24, 2.45) is 5.73 Å². The Hall–Kier alpha value is -0.380. The van der Waals surface area contributed by atoms with Crippen LogP contribution in [-0.4, -0.2) is 11.7 Å². The fourth-order valence-corrected chi connectivity index (χ4v) is 1.51. The van der Waals surface area contributed by atoms with Crippen molar-refractivity contribution in [3.8, 4) is 0 Å². The van der Waals surface area contributed by atoms with Crippen LogP contribution in [0.4, 0.5) is 0 Å². The van der Waals surface area contributed by atoms with Crippen molar-refractivity contribution < 1.29 is 5.11 Å². The first kappa shape index (κ1) is 9.71. The van der Waals surface area contributed by atoms with Crippen LogP contribution in [0.1, 0.15) is 17.2 Å². The SMILES string of the molecule is Cc1c(Br)cccc1[C@H](N)CO. The van der Waals surface area contributed by atoms with Gasteiger partial charge in [0.25, 0.3) is 0 Å². The zero-order valence-corrected chi connectivity index (χ0v) is 8.51. The van der Waals surface area contributed by atoms with Crippen LogP contribution in [0.3, 0.4) is 0 Å². The molecule has 0 fully saturated rings. The summed E-state index contributed by atoms with van der Waals surface area (Å²) in [7, 11) is 0. The van der Waals surface area contributed by atoms with Gasteiger partial charge in [0.15, 0.2) is 0 Å². The van der Waals surface area contributed by atoms with Crippen LogP contribution < -0.4 is 5.73 Å². The predicted octanol–water partition coefficient (Wildman–Crippen LogP) is 1.75. The van der Waals surface area contributed by atoms with Crippen molar-refractivity contribution in [1.29, 1.82) is 0 Å². The second-order valence-corrected chi connectivity index (χ2v) is 3.60. The Balaban J connectivity index is 3.07. The van der Waals surface area contributed by atoms with Crippen LogP contribution in [-0.2, 0) is 0 Å². The van der Waals surface area contributed by atoms with E-state index < -0.39 is 0 Å². The smallest absolute Gasteiger partial charge is 0.0624 e. The molecule has 0 aliphatic carbocycles. The quantitative estimate of drug-likeness (QED) is 0.812. The van der Waals surface area contributed by atoms with E-state index in [1.807, 2.05) is 25.1 Å². The third kappa shape index (κ3) is 1.86. The molecule has 1 atom stereocenters. The van der Waals surface area contributed by atoms with Gasteiger partial charge in [0.2, 0.25) is 0 Å². The van der Waals surface area contributed by atoms with Gasteiger partial charge in [0.05, 0.1) is 12.6 Å². The average Bonchev–Trinajstić information content (AvgIpc) is 2.08. The third-order valence-corrected chi connectivity index (χ3v) is 2.76. The van der Waals surface area contributed by atoms with Crippen molar-refractivity contribution >= 4 is 15.9 Å². The lowest BCUT2D eigenvalue weighted by molar-refractivity contribution is 0.267. The maximum absolute atomic E-state index is 8.86. The van der Waals surface area contributed by atoms with E-state index in [1.165, 1.54) is 0 Å². The second-order valence-electron chi connectivity index (χ2n) is 2.74. The minimum absolute atomic E-state index is 0.0166. The fraction of sp³-hybridized carbons (Fsp3) is 0.333. The second kappa shape index (κ2) is 4.03. The molecule has 0 bridgehead atoms. The molecule has 1 aromatic rings. The molecule has 3 N–H and O–H groups in total. The molecule has 0 aliphatic heterocycles. The first-order valence-electron chi connectivity index (χ1n) is 3.78. The highest BCUT2D eigenvalue weighted by Crippen LogP contribution is 2.22. The van der Waals surface area contributed by atoms with Crippen LogP contribution in [0.5, 0.6) is 0 Å². The molecule has 0 aromatic heterocycles. The zero-order valence-electron chi connectivity index (χ0n) is 6.92. The molecule has 3 heteroatoms. The van der Waals surface area contributed by atoms with Crippen molar-refractivity contribution in [2.75, 3.05) is 6.61 Å². The first-order valence-corrected chi connectivity index (χ1v) is 4.57. The Morgan fingerprint density at radius 3 is 2.83 bits per heavy atom. The summed E-state index contributed by atoms with van der Waals surface area (Å²) in [5.74, 6) is 0. The van der Waals surface area contributed by atoms with Crippen LogP contribution in [0, 0.1) is 6.92 Å². The van der Waals surface area contributed by atoms with Gasteiger partial charge in [-0.25, -0.2) is 0 Å². The molecule has 66 valence electrons. The van der Waals surface area contributed by atoms with Gasteiger partial charge < -0.3 is 10.8 Å². The van der Waals surface area contributed by atoms with E-state index in [1.54, 1.807) is 0 Å². The van der Waals surface area contributed by atoms with E-state index in [4.69, 9.17) is 10.8 Å². The maximum Gasteiger partial charge on any atom is 0.0624 e. The Morgan fingerprint density at radius 2 is 2.25 bits per heavy atom. The van der Waals surface area contributed by atoms with Crippen molar-refractivity contribution in [1.82, 2.24) is 0 Å². The van der Waals surface area contributed by atoms with Crippen molar-refractivity contribution in [3.05, 3.63) is 33.8 Å². The number of aliphatic hydroxyl groups is 1. The lowest BCUT2D eigenvalue weighted by atomic mass is 10.0. The number of nitrogens with two attached hydrogens (primary N) is 1. The van der Waals surface area contributed by atoms with E-state index in [-0.39, 0.29) is 12.6 Å². The monoisotopic (exact) mass is 229 g/mol. The van der Waals surface area contributed by atoms with E-state index >= 15 is 0 Å². The van der Waals surface area contributed by atoms with Gasteiger partial charge in [-0.1, -0.05) is 28.1 Å². The number of hydrogen-bond donors (Lipinski definition) is 2. The molecule has 0 spiro atoms. The van der Waals surface area contributed by atoms with Crippen molar-refractivity contribution in [2.45, 2.75) is 13.0 Å². The summed E-state index contributed by atoms with van der Waals surface area (Å²) < 4.78 is 1.03. The summed E-state index contributed by atoms with van der Waals surface area (Å²) in [5.41, 5.74) is 7.78. The standard InChI is InChI=1S/C9H12BrNO/c1-6-7(9(11)5-12)3-2-4-8(6)10/h2-4,9,12H,5,11H2,1H3/t9-/m1/s1. The first-order chi connectivity index (χ1) is 5.66. The van der Waals surface area contributed by atoms with E-state index in [0.29, 0.717) is 0 Å². The van der Waals surface area contributed by atoms with Gasteiger partial charge in [-0.3, -0.25) is 0 Å². The Morgan fingerprint density at radius 1 is 1.58 bits per heavy atom. The number of rotatable bonds is 2. The molecule has 2 nitrogen and oxygen atoms in total. The molecular weight excluding hydrogens is 218 g/mol. The molecule has 0 saturated heterocycles. The average molecular weight is 230 g/mol. The van der Waals surface area contributed by atoms with E-state index in [9.17, 15) is 0 Å². The van der Waals surface area contributed by atoms with Crippen LogP contribution >= 0.6 is 15.9 Å². The van der Waals surface area contributed by atoms with Crippen LogP contribution in [0.15, 0.2) is 22.7 Å².